The molecule has 26 heavy (non-hydrogen) atoms. The summed E-state index contributed by atoms with van der Waals surface area (Å²) in [5.41, 5.74) is 1.24. The highest BCUT2D eigenvalue weighted by atomic mass is 16.5. The maximum absolute atomic E-state index is 13.2. The molecule has 138 valence electrons. The summed E-state index contributed by atoms with van der Waals surface area (Å²) in [6, 6.07) is 5.68. The lowest BCUT2D eigenvalue weighted by Gasteiger charge is -2.35. The minimum Gasteiger partial charge on any atom is -0.465 e. The molecule has 0 aromatic carbocycles. The third-order valence-electron chi connectivity index (χ3n) is 5.61. The van der Waals surface area contributed by atoms with Gasteiger partial charge in [0.25, 0.3) is 5.91 Å². The van der Waals surface area contributed by atoms with E-state index in [1.165, 1.54) is 0 Å². The number of esters is 1. The molecule has 7 nitrogen and oxygen atoms in total. The molecular weight excluding hydrogens is 334 g/mol. The largest absolute Gasteiger partial charge is 0.465 e. The lowest BCUT2D eigenvalue weighted by Crippen LogP contribution is -2.47. The minimum absolute atomic E-state index is 0.0663. The van der Waals surface area contributed by atoms with Crippen LogP contribution in [-0.4, -0.2) is 59.1 Å². The van der Waals surface area contributed by atoms with Crippen molar-refractivity contribution in [2.75, 3.05) is 32.9 Å². The zero-order chi connectivity index (χ0) is 18.3. The van der Waals surface area contributed by atoms with Crippen molar-refractivity contribution in [3.8, 4) is 0 Å². The maximum Gasteiger partial charge on any atom is 0.316 e. The van der Waals surface area contributed by atoms with Gasteiger partial charge in [0.1, 0.15) is 16.8 Å². The molecular formula is C19H23N3O4. The van der Waals surface area contributed by atoms with Crippen LogP contribution in [0.15, 0.2) is 24.4 Å². The summed E-state index contributed by atoms with van der Waals surface area (Å²) in [6.07, 6.45) is 2.65. The van der Waals surface area contributed by atoms with E-state index in [9.17, 15) is 9.59 Å². The molecule has 0 spiro atoms. The highest BCUT2D eigenvalue weighted by Gasteiger charge is 2.56. The third-order valence-corrected chi connectivity index (χ3v) is 5.61. The number of aromatic nitrogens is 2. The zero-order valence-electron chi connectivity index (χ0n) is 15.1. The molecule has 0 bridgehead atoms. The molecule has 7 heteroatoms. The fourth-order valence-electron chi connectivity index (χ4n) is 4.18. The van der Waals surface area contributed by atoms with Crippen LogP contribution >= 0.6 is 0 Å². The van der Waals surface area contributed by atoms with Gasteiger partial charge in [-0.3, -0.25) is 9.59 Å². The Morgan fingerprint density at radius 1 is 1.42 bits per heavy atom. The highest BCUT2D eigenvalue weighted by molar-refractivity contribution is 5.95. The maximum atomic E-state index is 13.2. The van der Waals surface area contributed by atoms with Gasteiger partial charge >= 0.3 is 5.97 Å². The van der Waals surface area contributed by atoms with Crippen LogP contribution in [-0.2, 0) is 14.3 Å². The van der Waals surface area contributed by atoms with Crippen molar-refractivity contribution >= 4 is 17.5 Å². The number of pyridine rings is 1. The van der Waals surface area contributed by atoms with Crippen molar-refractivity contribution in [2.24, 2.45) is 11.3 Å². The van der Waals surface area contributed by atoms with Gasteiger partial charge in [-0.05, 0) is 38.3 Å². The molecule has 4 heterocycles. The number of ether oxygens (including phenoxy) is 2. The molecule has 2 atom stereocenters. The number of amides is 1. The Labute approximate surface area is 151 Å². The number of aryl methyl sites for hydroxylation is 1. The Kier molecular flexibility index (Phi) is 4.19. The first-order valence-electron chi connectivity index (χ1n) is 9.05. The summed E-state index contributed by atoms with van der Waals surface area (Å²) < 4.78 is 12.8. The molecule has 2 saturated heterocycles. The van der Waals surface area contributed by atoms with Crippen molar-refractivity contribution in [2.45, 2.75) is 20.3 Å². The fraction of sp³-hybridized carbons (Fsp3) is 0.526. The summed E-state index contributed by atoms with van der Waals surface area (Å²) in [5.74, 6) is -0.326. The standard InChI is InChI=1S/C19H23N3O4/c1-3-26-18(24)19-11-21(10-14(19)7-9-25-12-19)17(23)16-13(2)22-8-5-4-6-15(22)20-16/h4-6,8,14H,3,7,9-12H2,1-2H3/t14-,19+/m0/s1. The Hall–Kier alpha value is -2.41. The average Bonchev–Trinajstić information content (AvgIpc) is 3.21. The summed E-state index contributed by atoms with van der Waals surface area (Å²) in [4.78, 5) is 32.1. The van der Waals surface area contributed by atoms with E-state index in [1.54, 1.807) is 11.8 Å². The lowest BCUT2D eigenvalue weighted by atomic mass is 9.75. The number of likely N-dealkylation sites (tertiary alicyclic amines) is 1. The van der Waals surface area contributed by atoms with Crippen LogP contribution in [0.25, 0.3) is 5.65 Å². The van der Waals surface area contributed by atoms with Crippen molar-refractivity contribution in [3.63, 3.8) is 0 Å². The van der Waals surface area contributed by atoms with Crippen LogP contribution in [0.4, 0.5) is 0 Å². The van der Waals surface area contributed by atoms with Gasteiger partial charge in [-0.15, -0.1) is 0 Å². The molecule has 2 aliphatic heterocycles. The third kappa shape index (κ3) is 2.49. The molecule has 0 saturated carbocycles. The topological polar surface area (TPSA) is 73.1 Å². The van der Waals surface area contributed by atoms with E-state index in [0.717, 1.165) is 17.8 Å². The van der Waals surface area contributed by atoms with Gasteiger partial charge in [0.2, 0.25) is 0 Å². The van der Waals surface area contributed by atoms with E-state index in [4.69, 9.17) is 9.47 Å². The van der Waals surface area contributed by atoms with Crippen molar-refractivity contribution in [3.05, 3.63) is 35.8 Å². The average molecular weight is 357 g/mol. The molecule has 2 aromatic rings. The smallest absolute Gasteiger partial charge is 0.316 e. The van der Waals surface area contributed by atoms with E-state index >= 15 is 0 Å². The van der Waals surface area contributed by atoms with Crippen molar-refractivity contribution in [1.29, 1.82) is 0 Å². The minimum atomic E-state index is -0.753. The Morgan fingerprint density at radius 2 is 2.27 bits per heavy atom. The first-order valence-corrected chi connectivity index (χ1v) is 9.05. The Balaban J connectivity index is 1.65. The van der Waals surface area contributed by atoms with Crippen molar-refractivity contribution < 1.29 is 19.1 Å². The SMILES string of the molecule is CCOC(=O)[C@]12COCC[C@H]1CN(C(=O)c1nc3ccccn3c1C)C2. The van der Waals surface area contributed by atoms with Gasteiger partial charge in [0.15, 0.2) is 0 Å². The van der Waals surface area contributed by atoms with Gasteiger partial charge in [-0.2, -0.15) is 0 Å². The second-order valence-electron chi connectivity index (χ2n) is 7.08. The number of hydrogen-bond donors (Lipinski definition) is 0. The summed E-state index contributed by atoms with van der Waals surface area (Å²) in [7, 11) is 0. The van der Waals surface area contributed by atoms with Crippen LogP contribution < -0.4 is 0 Å². The van der Waals surface area contributed by atoms with Crippen molar-refractivity contribution in [1.82, 2.24) is 14.3 Å². The van der Waals surface area contributed by atoms with Gasteiger partial charge in [0.05, 0.1) is 18.9 Å². The first kappa shape index (κ1) is 17.0. The number of carbonyl (C=O) groups is 2. The summed E-state index contributed by atoms with van der Waals surface area (Å²) >= 11 is 0. The predicted molar refractivity (Wildman–Crippen MR) is 93.8 cm³/mol. The van der Waals surface area contributed by atoms with Gasteiger partial charge in [-0.1, -0.05) is 6.07 Å². The number of nitrogens with zero attached hydrogens (tertiary/aromatic N) is 3. The van der Waals surface area contributed by atoms with Gasteiger partial charge in [0, 0.05) is 25.9 Å². The molecule has 2 fully saturated rings. The van der Waals surface area contributed by atoms with E-state index < -0.39 is 5.41 Å². The molecule has 1 amide bonds. The molecule has 0 aliphatic carbocycles. The number of hydrogen-bond acceptors (Lipinski definition) is 5. The molecule has 2 aromatic heterocycles. The number of imidazole rings is 1. The summed E-state index contributed by atoms with van der Waals surface area (Å²) in [5, 5.41) is 0. The quantitative estimate of drug-likeness (QED) is 0.782. The number of fused-ring (bicyclic) bond motifs is 2. The van der Waals surface area contributed by atoms with Gasteiger partial charge < -0.3 is 18.8 Å². The molecule has 2 aliphatic rings. The van der Waals surface area contributed by atoms with Crippen LogP contribution in [0.1, 0.15) is 29.5 Å². The van der Waals surface area contributed by atoms with E-state index in [0.29, 0.717) is 38.6 Å². The second kappa shape index (κ2) is 6.39. The van der Waals surface area contributed by atoms with E-state index in [-0.39, 0.29) is 17.8 Å². The zero-order valence-corrected chi connectivity index (χ0v) is 15.1. The second-order valence-corrected chi connectivity index (χ2v) is 7.08. The lowest BCUT2D eigenvalue weighted by molar-refractivity contribution is -0.166. The van der Waals surface area contributed by atoms with Crippen LogP contribution in [0.2, 0.25) is 0 Å². The molecule has 0 N–H and O–H groups in total. The Morgan fingerprint density at radius 3 is 3.04 bits per heavy atom. The van der Waals surface area contributed by atoms with Gasteiger partial charge in [-0.25, -0.2) is 4.98 Å². The molecule has 0 unspecified atom stereocenters. The molecule has 4 rings (SSSR count). The monoisotopic (exact) mass is 357 g/mol. The van der Waals surface area contributed by atoms with E-state index in [2.05, 4.69) is 4.98 Å². The molecule has 0 radical (unpaired) electrons. The normalized spacial score (nSPS) is 25.3. The fourth-order valence-corrected chi connectivity index (χ4v) is 4.18. The summed E-state index contributed by atoms with van der Waals surface area (Å²) in [6.45, 7) is 5.79. The first-order chi connectivity index (χ1) is 12.6. The number of carbonyl (C=O) groups excluding carboxylic acids is 2. The van der Waals surface area contributed by atoms with Crippen LogP contribution in [0.5, 0.6) is 0 Å². The highest BCUT2D eigenvalue weighted by Crippen LogP contribution is 2.43. The van der Waals surface area contributed by atoms with Crippen LogP contribution in [0.3, 0.4) is 0 Å². The van der Waals surface area contributed by atoms with E-state index in [1.807, 2.05) is 35.7 Å². The Bertz CT molecular complexity index is 862. The number of rotatable bonds is 3. The predicted octanol–water partition coefficient (Wildman–Crippen LogP) is 1.68. The van der Waals surface area contributed by atoms with Crippen LogP contribution in [0, 0.1) is 18.3 Å².